The average molecular weight is 394 g/mol. The largest absolute Gasteiger partial charge is 0.381 e. The number of pyridine rings is 1. The Bertz CT molecular complexity index is 989. The number of sulfone groups is 1. The van der Waals surface area contributed by atoms with Crippen LogP contribution in [0, 0.1) is 5.92 Å². The van der Waals surface area contributed by atoms with Crippen LogP contribution < -0.4 is 5.56 Å². The molecular formula is C19H20ClNO4S. The lowest BCUT2D eigenvalue weighted by Gasteiger charge is -2.21. The summed E-state index contributed by atoms with van der Waals surface area (Å²) >= 11 is 5.85. The van der Waals surface area contributed by atoms with Crippen molar-refractivity contribution in [2.24, 2.45) is 5.92 Å². The Morgan fingerprint density at radius 3 is 2.62 bits per heavy atom. The van der Waals surface area contributed by atoms with Crippen LogP contribution in [0.15, 0.2) is 52.2 Å². The molecule has 1 aromatic carbocycles. The number of rotatable bonds is 4. The molecule has 1 aromatic heterocycles. The monoisotopic (exact) mass is 393 g/mol. The fourth-order valence-electron chi connectivity index (χ4n) is 2.97. The van der Waals surface area contributed by atoms with E-state index in [0.29, 0.717) is 24.8 Å². The van der Waals surface area contributed by atoms with Crippen LogP contribution in [0.5, 0.6) is 0 Å². The molecule has 0 radical (unpaired) electrons. The third kappa shape index (κ3) is 4.44. The van der Waals surface area contributed by atoms with E-state index >= 15 is 0 Å². The van der Waals surface area contributed by atoms with E-state index in [0.717, 1.165) is 24.0 Å². The molecule has 0 bridgehead atoms. The van der Waals surface area contributed by atoms with Crippen molar-refractivity contribution in [3.8, 4) is 0 Å². The molecule has 0 atom stereocenters. The lowest BCUT2D eigenvalue weighted by molar-refractivity contribution is 0.0786. The predicted octanol–water partition coefficient (Wildman–Crippen LogP) is 3.29. The van der Waals surface area contributed by atoms with Crippen molar-refractivity contribution >= 4 is 27.0 Å². The minimum Gasteiger partial charge on any atom is -0.381 e. The van der Waals surface area contributed by atoms with E-state index in [1.54, 1.807) is 30.3 Å². The van der Waals surface area contributed by atoms with Crippen LogP contribution in [0.2, 0.25) is 5.02 Å². The van der Waals surface area contributed by atoms with Crippen molar-refractivity contribution in [2.75, 3.05) is 19.5 Å². The van der Waals surface area contributed by atoms with E-state index in [4.69, 9.17) is 16.3 Å². The molecule has 0 saturated carbocycles. The first-order chi connectivity index (χ1) is 12.3. The zero-order valence-electron chi connectivity index (χ0n) is 14.4. The second-order valence-electron chi connectivity index (χ2n) is 6.38. The molecule has 5 nitrogen and oxygen atoms in total. The number of H-pyrrole nitrogens is 1. The summed E-state index contributed by atoms with van der Waals surface area (Å²) in [7, 11) is -3.33. The van der Waals surface area contributed by atoms with Crippen molar-refractivity contribution < 1.29 is 13.2 Å². The Morgan fingerprint density at radius 2 is 1.96 bits per heavy atom. The molecule has 138 valence electrons. The first kappa shape index (κ1) is 18.9. The number of halogens is 1. The number of aromatic nitrogens is 1. The Hall–Kier alpha value is -1.89. The van der Waals surface area contributed by atoms with E-state index in [9.17, 15) is 13.2 Å². The summed E-state index contributed by atoms with van der Waals surface area (Å²) in [6.07, 6.45) is 5.03. The summed E-state index contributed by atoms with van der Waals surface area (Å²) in [5, 5.41) is 0.115. The second-order valence-corrected chi connectivity index (χ2v) is 8.80. The van der Waals surface area contributed by atoms with Gasteiger partial charge in [0.05, 0.1) is 4.90 Å². The molecule has 1 N–H and O–H groups in total. The molecule has 0 amide bonds. The normalized spacial score (nSPS) is 16.6. The van der Waals surface area contributed by atoms with Crippen molar-refractivity contribution in [3.63, 3.8) is 0 Å². The fraction of sp³-hybridized carbons (Fsp3) is 0.316. The zero-order chi connectivity index (χ0) is 18.7. The third-order valence-corrected chi connectivity index (χ3v) is 5.80. The zero-order valence-corrected chi connectivity index (χ0v) is 15.9. The maximum absolute atomic E-state index is 12.0. The van der Waals surface area contributed by atoms with Crippen molar-refractivity contribution in [1.29, 1.82) is 0 Å². The summed E-state index contributed by atoms with van der Waals surface area (Å²) in [6.45, 7) is 1.38. The number of hydrogen-bond acceptors (Lipinski definition) is 4. The van der Waals surface area contributed by atoms with Gasteiger partial charge < -0.3 is 9.72 Å². The molecule has 0 aliphatic carbocycles. The van der Waals surface area contributed by atoms with Gasteiger partial charge in [-0.05, 0) is 48.6 Å². The SMILES string of the molecule is CS(=O)(=O)c1cccc(/C(=C\C2CCOCC2)c2ccc(Cl)c(=O)[nH]2)c1. The van der Waals surface area contributed by atoms with Gasteiger partial charge in [-0.1, -0.05) is 29.8 Å². The van der Waals surface area contributed by atoms with Gasteiger partial charge in [0.2, 0.25) is 0 Å². The summed E-state index contributed by atoms with van der Waals surface area (Å²) in [6, 6.07) is 10.0. The number of ether oxygens (including phenoxy) is 1. The van der Waals surface area contributed by atoms with Gasteiger partial charge in [0.25, 0.3) is 5.56 Å². The van der Waals surface area contributed by atoms with Gasteiger partial charge in [-0.15, -0.1) is 0 Å². The fourth-order valence-corrected chi connectivity index (χ4v) is 3.74. The van der Waals surface area contributed by atoms with Crippen LogP contribution in [0.4, 0.5) is 0 Å². The first-order valence-corrected chi connectivity index (χ1v) is 10.6. The summed E-state index contributed by atoms with van der Waals surface area (Å²) < 4.78 is 29.3. The van der Waals surface area contributed by atoms with Gasteiger partial charge in [-0.3, -0.25) is 4.79 Å². The summed E-state index contributed by atoms with van der Waals surface area (Å²) in [4.78, 5) is 15.0. The van der Waals surface area contributed by atoms with Crippen LogP contribution in [-0.2, 0) is 14.6 Å². The quantitative estimate of drug-likeness (QED) is 0.864. The highest BCUT2D eigenvalue weighted by Gasteiger charge is 2.17. The Kier molecular flexibility index (Phi) is 5.65. The van der Waals surface area contributed by atoms with Crippen LogP contribution in [0.3, 0.4) is 0 Å². The van der Waals surface area contributed by atoms with Crippen LogP contribution in [0.1, 0.15) is 24.1 Å². The summed E-state index contributed by atoms with van der Waals surface area (Å²) in [5.74, 6) is 0.291. The highest BCUT2D eigenvalue weighted by atomic mass is 35.5. The van der Waals surface area contributed by atoms with Crippen LogP contribution in [0.25, 0.3) is 5.57 Å². The average Bonchev–Trinajstić information content (AvgIpc) is 2.62. The molecule has 0 spiro atoms. The number of allylic oxidation sites excluding steroid dienone is 1. The molecule has 1 fully saturated rings. The van der Waals surface area contributed by atoms with Gasteiger partial charge in [0, 0.05) is 30.7 Å². The van der Waals surface area contributed by atoms with Crippen molar-refractivity contribution in [2.45, 2.75) is 17.7 Å². The standard InChI is InChI=1S/C19H20ClNO4S/c1-26(23,24)15-4-2-3-14(12-15)16(11-13-7-9-25-10-8-13)18-6-5-17(20)19(22)21-18/h2-6,11-13H,7-10H2,1H3,(H,21,22)/b16-11+. The number of nitrogens with one attached hydrogen (secondary N) is 1. The molecule has 7 heteroatoms. The smallest absolute Gasteiger partial charge is 0.267 e. The van der Waals surface area contributed by atoms with Crippen LogP contribution >= 0.6 is 11.6 Å². The summed E-state index contributed by atoms with van der Waals surface area (Å²) in [5.41, 5.74) is 1.76. The van der Waals surface area contributed by atoms with Gasteiger partial charge in [0.1, 0.15) is 5.02 Å². The Morgan fingerprint density at radius 1 is 1.23 bits per heavy atom. The molecule has 1 saturated heterocycles. The predicted molar refractivity (Wildman–Crippen MR) is 102 cm³/mol. The number of hydrogen-bond donors (Lipinski definition) is 1. The highest BCUT2D eigenvalue weighted by Crippen LogP contribution is 2.28. The molecular weight excluding hydrogens is 374 g/mol. The maximum Gasteiger partial charge on any atom is 0.267 e. The molecule has 26 heavy (non-hydrogen) atoms. The van der Waals surface area contributed by atoms with Gasteiger partial charge in [-0.2, -0.15) is 0 Å². The second kappa shape index (κ2) is 7.78. The molecule has 0 unspecified atom stereocenters. The lowest BCUT2D eigenvalue weighted by Crippen LogP contribution is -2.15. The minimum absolute atomic E-state index is 0.115. The van der Waals surface area contributed by atoms with E-state index < -0.39 is 9.84 Å². The lowest BCUT2D eigenvalue weighted by atomic mass is 9.92. The van der Waals surface area contributed by atoms with E-state index in [2.05, 4.69) is 11.1 Å². The van der Waals surface area contributed by atoms with Crippen molar-refractivity contribution in [1.82, 2.24) is 4.98 Å². The molecule has 2 heterocycles. The van der Waals surface area contributed by atoms with Gasteiger partial charge in [0.15, 0.2) is 9.84 Å². The molecule has 2 aromatic rings. The van der Waals surface area contributed by atoms with E-state index in [-0.39, 0.29) is 15.5 Å². The highest BCUT2D eigenvalue weighted by molar-refractivity contribution is 7.90. The maximum atomic E-state index is 12.0. The van der Waals surface area contributed by atoms with E-state index in [1.165, 1.54) is 6.26 Å². The number of aromatic amines is 1. The van der Waals surface area contributed by atoms with Gasteiger partial charge >= 0.3 is 0 Å². The Balaban J connectivity index is 2.12. The van der Waals surface area contributed by atoms with E-state index in [1.807, 2.05) is 6.07 Å². The van der Waals surface area contributed by atoms with Crippen LogP contribution in [-0.4, -0.2) is 32.9 Å². The molecule has 1 aliphatic rings. The third-order valence-electron chi connectivity index (χ3n) is 4.39. The number of benzene rings is 1. The molecule has 1 aliphatic heterocycles. The van der Waals surface area contributed by atoms with Gasteiger partial charge in [-0.25, -0.2) is 8.42 Å². The topological polar surface area (TPSA) is 76.2 Å². The Labute approximate surface area is 157 Å². The minimum atomic E-state index is -3.33. The molecule has 3 rings (SSSR count). The first-order valence-electron chi connectivity index (χ1n) is 8.34. The van der Waals surface area contributed by atoms with Crippen molar-refractivity contribution in [3.05, 3.63) is 69.1 Å².